The van der Waals surface area contributed by atoms with Crippen molar-refractivity contribution in [1.82, 2.24) is 4.90 Å². The Labute approximate surface area is 180 Å². The topological polar surface area (TPSA) is 85.3 Å². The summed E-state index contributed by atoms with van der Waals surface area (Å²) in [4.78, 5) is 27.6. The van der Waals surface area contributed by atoms with Gasteiger partial charge in [-0.2, -0.15) is 0 Å². The molecule has 1 amide bonds. The van der Waals surface area contributed by atoms with Gasteiger partial charge in [-0.3, -0.25) is 9.59 Å². The van der Waals surface area contributed by atoms with E-state index in [1.54, 1.807) is 42.5 Å². The van der Waals surface area contributed by atoms with Crippen molar-refractivity contribution in [2.45, 2.75) is 25.0 Å². The minimum Gasteiger partial charge on any atom is -0.507 e. The Balaban J connectivity index is 1.85. The highest BCUT2D eigenvalue weighted by atomic mass is 16.5. The van der Waals surface area contributed by atoms with Crippen LogP contribution in [0.1, 0.15) is 30.0 Å². The molecule has 162 valence electrons. The van der Waals surface area contributed by atoms with E-state index in [0.29, 0.717) is 29.2 Å². The summed E-state index contributed by atoms with van der Waals surface area (Å²) in [5.41, 5.74) is 1.18. The molecule has 2 heterocycles. The maximum Gasteiger partial charge on any atom is 0.295 e. The molecule has 4 rings (SSSR count). The minimum absolute atomic E-state index is 0.0569. The van der Waals surface area contributed by atoms with Gasteiger partial charge in [0, 0.05) is 18.7 Å². The number of ketones is 1. The van der Waals surface area contributed by atoms with Crippen LogP contribution >= 0.6 is 0 Å². The zero-order valence-corrected chi connectivity index (χ0v) is 17.5. The number of methoxy groups -OCH3 is 2. The maximum atomic E-state index is 13.1. The van der Waals surface area contributed by atoms with E-state index >= 15 is 0 Å². The lowest BCUT2D eigenvalue weighted by Gasteiger charge is -2.28. The molecule has 0 bridgehead atoms. The summed E-state index contributed by atoms with van der Waals surface area (Å²) in [5.74, 6) is -0.548. The molecule has 0 aromatic heterocycles. The summed E-state index contributed by atoms with van der Waals surface area (Å²) >= 11 is 0. The third kappa shape index (κ3) is 3.88. The van der Waals surface area contributed by atoms with Crippen LogP contribution in [0.25, 0.3) is 5.76 Å². The van der Waals surface area contributed by atoms with E-state index in [1.165, 1.54) is 19.1 Å². The number of rotatable bonds is 6. The Bertz CT molecular complexity index is 1010. The Kier molecular flexibility index (Phi) is 5.95. The molecule has 0 aliphatic carbocycles. The van der Waals surface area contributed by atoms with Gasteiger partial charge in [-0.1, -0.05) is 36.4 Å². The number of hydrogen-bond acceptors (Lipinski definition) is 6. The molecule has 0 saturated carbocycles. The van der Waals surface area contributed by atoms with Gasteiger partial charge >= 0.3 is 0 Å². The smallest absolute Gasteiger partial charge is 0.295 e. The number of likely N-dealkylation sites (tertiary alicyclic amines) is 1. The van der Waals surface area contributed by atoms with Crippen LogP contribution in [-0.4, -0.2) is 55.2 Å². The van der Waals surface area contributed by atoms with Crippen molar-refractivity contribution in [3.05, 3.63) is 65.2 Å². The third-order valence-electron chi connectivity index (χ3n) is 5.73. The molecule has 2 fully saturated rings. The highest BCUT2D eigenvalue weighted by Crippen LogP contribution is 2.42. The van der Waals surface area contributed by atoms with Crippen molar-refractivity contribution >= 4 is 17.4 Å². The van der Waals surface area contributed by atoms with E-state index in [4.69, 9.17) is 14.2 Å². The summed E-state index contributed by atoms with van der Waals surface area (Å²) in [5, 5.41) is 11.0. The van der Waals surface area contributed by atoms with E-state index in [0.717, 1.165) is 12.8 Å². The van der Waals surface area contributed by atoms with Gasteiger partial charge in [0.05, 0.1) is 31.9 Å². The van der Waals surface area contributed by atoms with Gasteiger partial charge in [0.15, 0.2) is 11.5 Å². The molecule has 2 saturated heterocycles. The van der Waals surface area contributed by atoms with Gasteiger partial charge in [0.2, 0.25) is 0 Å². The molecule has 2 aliphatic heterocycles. The highest BCUT2D eigenvalue weighted by molar-refractivity contribution is 6.46. The number of hydrogen-bond donors (Lipinski definition) is 1. The van der Waals surface area contributed by atoms with Gasteiger partial charge in [0.25, 0.3) is 11.7 Å². The number of benzene rings is 2. The molecule has 0 radical (unpaired) electrons. The average molecular weight is 423 g/mol. The lowest BCUT2D eigenvalue weighted by atomic mass is 9.95. The monoisotopic (exact) mass is 423 g/mol. The molecule has 31 heavy (non-hydrogen) atoms. The van der Waals surface area contributed by atoms with E-state index in [-0.39, 0.29) is 24.0 Å². The lowest BCUT2D eigenvalue weighted by molar-refractivity contribution is -0.140. The minimum atomic E-state index is -0.760. The molecule has 7 heteroatoms. The summed E-state index contributed by atoms with van der Waals surface area (Å²) in [6.45, 7) is 0.911. The van der Waals surface area contributed by atoms with E-state index in [2.05, 4.69) is 0 Å². The summed E-state index contributed by atoms with van der Waals surface area (Å²) in [7, 11) is 3.06. The number of aliphatic hydroxyl groups excluding tert-OH is 1. The van der Waals surface area contributed by atoms with Crippen molar-refractivity contribution < 1.29 is 28.9 Å². The zero-order chi connectivity index (χ0) is 22.0. The quantitative estimate of drug-likeness (QED) is 0.436. The molecule has 2 aromatic carbocycles. The predicted molar refractivity (Wildman–Crippen MR) is 114 cm³/mol. The molecule has 0 spiro atoms. The number of amides is 1. The molecule has 2 aliphatic rings. The number of carbonyl (C=O) groups excluding carboxylic acids is 2. The first-order chi connectivity index (χ1) is 15.0. The fourth-order valence-corrected chi connectivity index (χ4v) is 4.20. The standard InChI is InChI=1S/C24H25NO6/c1-29-18-11-10-16(13-19(18)30-2)21-20(22(26)15-7-4-3-5-8-15)23(27)24(28)25(21)14-17-9-6-12-31-17/h3-5,7-8,10-11,13,17,21,26H,6,9,12,14H2,1-2H3/t17-,21+/m1/s1. The molecule has 2 atom stereocenters. The normalized spacial score (nSPS) is 22.7. The average Bonchev–Trinajstić information content (AvgIpc) is 3.41. The van der Waals surface area contributed by atoms with Crippen LogP contribution in [0, 0.1) is 0 Å². The fourth-order valence-electron chi connectivity index (χ4n) is 4.20. The number of nitrogens with zero attached hydrogens (tertiary/aromatic N) is 1. The SMILES string of the molecule is COc1ccc([C@H]2C(=C(O)c3ccccc3)C(=O)C(=O)N2C[C@H]2CCCO2)cc1OC. The van der Waals surface area contributed by atoms with Crippen molar-refractivity contribution in [3.8, 4) is 11.5 Å². The van der Waals surface area contributed by atoms with Crippen LogP contribution in [0.4, 0.5) is 0 Å². The van der Waals surface area contributed by atoms with Crippen molar-refractivity contribution in [1.29, 1.82) is 0 Å². The molecular weight excluding hydrogens is 398 g/mol. The van der Waals surface area contributed by atoms with Crippen molar-refractivity contribution in [2.24, 2.45) is 0 Å². The Morgan fingerprint density at radius 1 is 1.10 bits per heavy atom. The Morgan fingerprint density at radius 2 is 1.84 bits per heavy atom. The first-order valence-electron chi connectivity index (χ1n) is 10.2. The van der Waals surface area contributed by atoms with Crippen LogP contribution in [0.15, 0.2) is 54.1 Å². The summed E-state index contributed by atoms with van der Waals surface area (Å²) in [6.07, 6.45) is 1.59. The highest BCUT2D eigenvalue weighted by Gasteiger charge is 2.47. The molecule has 7 nitrogen and oxygen atoms in total. The van der Waals surface area contributed by atoms with Gasteiger partial charge < -0.3 is 24.2 Å². The van der Waals surface area contributed by atoms with Gasteiger partial charge in [0.1, 0.15) is 5.76 Å². The van der Waals surface area contributed by atoms with E-state index in [1.807, 2.05) is 6.07 Å². The van der Waals surface area contributed by atoms with Crippen LogP contribution in [0.3, 0.4) is 0 Å². The van der Waals surface area contributed by atoms with Crippen LogP contribution in [-0.2, 0) is 14.3 Å². The zero-order valence-electron chi connectivity index (χ0n) is 17.5. The molecule has 2 aromatic rings. The molecule has 0 unspecified atom stereocenters. The van der Waals surface area contributed by atoms with Gasteiger partial charge in [-0.15, -0.1) is 0 Å². The second kappa shape index (κ2) is 8.81. The number of carbonyl (C=O) groups is 2. The maximum absolute atomic E-state index is 13.1. The molecular formula is C24H25NO6. The predicted octanol–water partition coefficient (Wildman–Crippen LogP) is 3.30. The van der Waals surface area contributed by atoms with Crippen molar-refractivity contribution in [2.75, 3.05) is 27.4 Å². The second-order valence-electron chi connectivity index (χ2n) is 7.57. The number of ether oxygens (including phenoxy) is 3. The summed E-state index contributed by atoms with van der Waals surface area (Å²) in [6, 6.07) is 13.2. The van der Waals surface area contributed by atoms with Crippen LogP contribution in [0.2, 0.25) is 0 Å². The fraction of sp³-hybridized carbons (Fsp3) is 0.333. The molecule has 1 N–H and O–H groups in total. The summed E-state index contributed by atoms with van der Waals surface area (Å²) < 4.78 is 16.5. The third-order valence-corrected chi connectivity index (χ3v) is 5.73. The first kappa shape index (κ1) is 20.9. The van der Waals surface area contributed by atoms with Gasteiger partial charge in [-0.25, -0.2) is 0 Å². The number of Topliss-reactive ketones (excluding diaryl/α,β-unsaturated/α-hetero) is 1. The Hall–Kier alpha value is -3.32. The van der Waals surface area contributed by atoms with Crippen LogP contribution in [0.5, 0.6) is 11.5 Å². The van der Waals surface area contributed by atoms with Gasteiger partial charge in [-0.05, 0) is 30.5 Å². The second-order valence-corrected chi connectivity index (χ2v) is 7.57. The number of aliphatic hydroxyl groups is 1. The van der Waals surface area contributed by atoms with E-state index < -0.39 is 17.7 Å². The van der Waals surface area contributed by atoms with E-state index in [9.17, 15) is 14.7 Å². The first-order valence-corrected chi connectivity index (χ1v) is 10.2. The Morgan fingerprint density at radius 3 is 2.48 bits per heavy atom. The van der Waals surface area contributed by atoms with Crippen molar-refractivity contribution in [3.63, 3.8) is 0 Å². The lowest BCUT2D eigenvalue weighted by Crippen LogP contribution is -2.36. The van der Waals surface area contributed by atoms with Crippen LogP contribution < -0.4 is 9.47 Å². The largest absolute Gasteiger partial charge is 0.507 e.